The molecule has 5 rings (SSSR count). The van der Waals surface area contributed by atoms with E-state index in [1.54, 1.807) is 18.8 Å². The van der Waals surface area contributed by atoms with E-state index in [4.69, 9.17) is 23.1 Å². The highest BCUT2D eigenvalue weighted by molar-refractivity contribution is 7.99. The topological polar surface area (TPSA) is 148 Å². The molecular weight excluding hydrogens is 646 g/mol. The van der Waals surface area contributed by atoms with Crippen molar-refractivity contribution in [2.45, 2.75) is 66.7 Å². The van der Waals surface area contributed by atoms with Crippen LogP contribution in [0, 0.1) is 0 Å². The Bertz CT molecular complexity index is 1760. The average molecular weight is 690 g/mol. The van der Waals surface area contributed by atoms with Crippen LogP contribution in [0.5, 0.6) is 0 Å². The first-order valence-electron chi connectivity index (χ1n) is 16.3. The molecule has 0 saturated heterocycles. The Morgan fingerprint density at radius 3 is 2.42 bits per heavy atom. The summed E-state index contributed by atoms with van der Waals surface area (Å²) in [5.74, 6) is -1.10. The molecule has 48 heavy (non-hydrogen) atoms. The number of para-hydroxylation sites is 1. The smallest absolute Gasteiger partial charge is 0.246 e. The van der Waals surface area contributed by atoms with Crippen LogP contribution in [0.3, 0.4) is 0 Å². The van der Waals surface area contributed by atoms with Gasteiger partial charge in [0, 0.05) is 72.1 Å². The molecule has 2 heterocycles. The van der Waals surface area contributed by atoms with Gasteiger partial charge in [0.15, 0.2) is 0 Å². The van der Waals surface area contributed by atoms with Crippen LogP contribution in [0.25, 0.3) is 10.9 Å². The zero-order valence-corrected chi connectivity index (χ0v) is 28.9. The summed E-state index contributed by atoms with van der Waals surface area (Å²) in [7, 11) is 3.55. The van der Waals surface area contributed by atoms with E-state index in [2.05, 4.69) is 16.0 Å². The van der Waals surface area contributed by atoms with Crippen molar-refractivity contribution in [1.82, 2.24) is 25.4 Å². The molecule has 3 aromatic carbocycles. The molecule has 0 unspecified atom stereocenters. The maximum Gasteiger partial charge on any atom is 0.246 e. The summed E-state index contributed by atoms with van der Waals surface area (Å²) in [6, 6.07) is 19.1. The van der Waals surface area contributed by atoms with Gasteiger partial charge in [0.25, 0.3) is 0 Å². The van der Waals surface area contributed by atoms with Crippen LogP contribution in [0.4, 0.5) is 0 Å². The molecule has 0 bridgehead atoms. The van der Waals surface area contributed by atoms with Crippen molar-refractivity contribution >= 4 is 52.0 Å². The summed E-state index contributed by atoms with van der Waals surface area (Å²) in [4.78, 5) is 45.3. The standard InChI is InChI=1S/C36H44ClN7O3S/c1-43-22-25(27-10-4-5-12-30(27)43)18-31-35(46)41-21-24-17-26(37)14-15-33(24)48-32-13-6-3-9-23(32)20-40-28(11-7-8-16-38)34(45)42-29(19-39)36(47)44(31)2/h3-6,9-10,12-15,17,22,28-29,31,40H,7-8,11,16,18-21,38-39H2,1-2H3,(H,41,46)(H,42,45)/t28-,29-,31-/m0/s1. The Hall–Kier alpha value is -3.87. The van der Waals surface area contributed by atoms with Gasteiger partial charge in [-0.2, -0.15) is 0 Å². The second-order valence-corrected chi connectivity index (χ2v) is 13.7. The predicted octanol–water partition coefficient (Wildman–Crippen LogP) is 3.71. The number of nitrogens with zero attached hydrogens (tertiary/aromatic N) is 2. The van der Waals surface area contributed by atoms with E-state index in [1.165, 1.54) is 4.90 Å². The van der Waals surface area contributed by atoms with E-state index in [1.807, 2.05) is 84.5 Å². The summed E-state index contributed by atoms with van der Waals surface area (Å²) in [6.45, 7) is 1.03. The van der Waals surface area contributed by atoms with Gasteiger partial charge in [-0.15, -0.1) is 0 Å². The fourth-order valence-electron chi connectivity index (χ4n) is 6.10. The van der Waals surface area contributed by atoms with Crippen molar-refractivity contribution in [3.05, 3.63) is 94.6 Å². The fourth-order valence-corrected chi connectivity index (χ4v) is 7.35. The van der Waals surface area contributed by atoms with E-state index in [9.17, 15) is 14.4 Å². The molecule has 7 N–H and O–H groups in total. The number of likely N-dealkylation sites (N-methyl/N-ethyl adjacent to an activating group) is 1. The minimum atomic E-state index is -1.03. The number of hydrogen-bond acceptors (Lipinski definition) is 7. The number of nitrogens with one attached hydrogen (secondary N) is 3. The first kappa shape index (κ1) is 35.4. The number of aromatic nitrogens is 1. The largest absolute Gasteiger partial charge is 0.350 e. The number of benzene rings is 3. The number of fused-ring (bicyclic) bond motifs is 3. The second-order valence-electron chi connectivity index (χ2n) is 12.1. The number of hydrogen-bond donors (Lipinski definition) is 5. The van der Waals surface area contributed by atoms with Crippen molar-refractivity contribution in [3.8, 4) is 0 Å². The molecule has 1 aromatic heterocycles. The van der Waals surface area contributed by atoms with Crippen molar-refractivity contribution < 1.29 is 14.4 Å². The minimum absolute atomic E-state index is 0.127. The molecule has 0 fully saturated rings. The van der Waals surface area contributed by atoms with Crippen molar-refractivity contribution in [1.29, 1.82) is 0 Å². The number of halogens is 1. The summed E-state index contributed by atoms with van der Waals surface area (Å²) in [5, 5.41) is 11.0. The maximum atomic E-state index is 14.1. The molecule has 1 aliphatic rings. The highest BCUT2D eigenvalue weighted by atomic mass is 35.5. The Morgan fingerprint density at radius 2 is 1.62 bits per heavy atom. The Morgan fingerprint density at radius 1 is 0.875 bits per heavy atom. The third-order valence-electron chi connectivity index (χ3n) is 8.83. The van der Waals surface area contributed by atoms with Crippen LogP contribution in [0.15, 0.2) is 82.7 Å². The zero-order chi connectivity index (χ0) is 34.2. The van der Waals surface area contributed by atoms with E-state index >= 15 is 0 Å². The summed E-state index contributed by atoms with van der Waals surface area (Å²) < 4.78 is 2.01. The van der Waals surface area contributed by atoms with Crippen molar-refractivity contribution in [2.24, 2.45) is 18.5 Å². The second kappa shape index (κ2) is 16.5. The summed E-state index contributed by atoms with van der Waals surface area (Å²) in [6.07, 6.45) is 4.29. The molecule has 0 saturated carbocycles. The molecule has 0 spiro atoms. The van der Waals surface area contributed by atoms with Gasteiger partial charge in [0.05, 0.1) is 6.04 Å². The molecule has 3 amide bonds. The number of nitrogens with two attached hydrogens (primary N) is 2. The molecule has 0 aliphatic carbocycles. The molecule has 4 aromatic rings. The first-order valence-corrected chi connectivity index (χ1v) is 17.4. The van der Waals surface area contributed by atoms with Gasteiger partial charge in [-0.05, 0) is 66.4 Å². The fraction of sp³-hybridized carbons (Fsp3) is 0.361. The Labute approximate surface area is 290 Å². The quantitative estimate of drug-likeness (QED) is 0.186. The lowest BCUT2D eigenvalue weighted by molar-refractivity contribution is -0.141. The zero-order valence-electron chi connectivity index (χ0n) is 27.4. The molecule has 12 heteroatoms. The number of carbonyl (C=O) groups excluding carboxylic acids is 3. The Balaban J connectivity index is 1.54. The maximum absolute atomic E-state index is 14.1. The lowest BCUT2D eigenvalue weighted by Gasteiger charge is -2.31. The summed E-state index contributed by atoms with van der Waals surface area (Å²) in [5.41, 5.74) is 15.7. The van der Waals surface area contributed by atoms with E-state index in [0.29, 0.717) is 24.5 Å². The van der Waals surface area contributed by atoms with Gasteiger partial charge >= 0.3 is 0 Å². The van der Waals surface area contributed by atoms with Gasteiger partial charge < -0.3 is 36.9 Å². The van der Waals surface area contributed by atoms with Crippen LogP contribution >= 0.6 is 23.4 Å². The van der Waals surface area contributed by atoms with Gasteiger partial charge in [0.2, 0.25) is 17.7 Å². The van der Waals surface area contributed by atoms with Crippen LogP contribution in [0.2, 0.25) is 5.02 Å². The van der Waals surface area contributed by atoms with E-state index in [0.717, 1.165) is 50.2 Å². The SMILES string of the molecule is CN1C(=O)[C@H](CN)NC(=O)[C@H](CCCCN)NCc2ccccc2Sc2ccc(Cl)cc2CNC(=O)[C@@H]1Cc1cn(C)c2ccccc12. The van der Waals surface area contributed by atoms with Crippen molar-refractivity contribution in [2.75, 3.05) is 20.1 Å². The molecule has 1 aliphatic heterocycles. The van der Waals surface area contributed by atoms with Crippen LogP contribution in [-0.4, -0.2) is 65.5 Å². The minimum Gasteiger partial charge on any atom is -0.350 e. The third-order valence-corrected chi connectivity index (χ3v) is 10.3. The number of aryl methyl sites for hydroxylation is 1. The highest BCUT2D eigenvalue weighted by Crippen LogP contribution is 2.34. The van der Waals surface area contributed by atoms with E-state index in [-0.39, 0.29) is 31.3 Å². The van der Waals surface area contributed by atoms with E-state index < -0.39 is 24.0 Å². The Kier molecular flexibility index (Phi) is 12.2. The highest BCUT2D eigenvalue weighted by Gasteiger charge is 2.33. The average Bonchev–Trinajstić information content (AvgIpc) is 3.41. The first-order chi connectivity index (χ1) is 23.2. The predicted molar refractivity (Wildman–Crippen MR) is 192 cm³/mol. The monoisotopic (exact) mass is 689 g/mol. The lowest BCUT2D eigenvalue weighted by atomic mass is 10.0. The van der Waals surface area contributed by atoms with Crippen LogP contribution in [0.1, 0.15) is 36.0 Å². The van der Waals surface area contributed by atoms with Gasteiger partial charge in [-0.1, -0.05) is 66.2 Å². The van der Waals surface area contributed by atoms with Crippen molar-refractivity contribution in [3.63, 3.8) is 0 Å². The van der Waals surface area contributed by atoms with Crippen LogP contribution in [-0.2, 0) is 40.9 Å². The molecular formula is C36H44ClN7O3S. The van der Waals surface area contributed by atoms with Gasteiger partial charge in [-0.25, -0.2) is 0 Å². The third kappa shape index (κ3) is 8.40. The molecule has 0 radical (unpaired) electrons. The number of rotatable bonds is 7. The normalized spacial score (nSPS) is 19.7. The summed E-state index contributed by atoms with van der Waals surface area (Å²) >= 11 is 8.02. The van der Waals surface area contributed by atoms with Crippen LogP contribution < -0.4 is 27.4 Å². The van der Waals surface area contributed by atoms with Gasteiger partial charge in [-0.3, -0.25) is 14.4 Å². The number of unbranched alkanes of at least 4 members (excludes halogenated alkanes) is 1. The number of carbonyl (C=O) groups is 3. The molecule has 254 valence electrons. The van der Waals surface area contributed by atoms with Gasteiger partial charge in [0.1, 0.15) is 12.1 Å². The molecule has 10 nitrogen and oxygen atoms in total. The lowest BCUT2D eigenvalue weighted by Crippen LogP contribution is -2.59. The molecule has 3 atom stereocenters. The number of amides is 3.